The number of likely N-dealkylation sites (tertiary alicyclic amines) is 1. The van der Waals surface area contributed by atoms with Gasteiger partial charge in [-0.1, -0.05) is 24.8 Å². The number of hydrogen-bond acceptors (Lipinski definition) is 6. The predicted molar refractivity (Wildman–Crippen MR) is 140 cm³/mol. The van der Waals surface area contributed by atoms with Crippen LogP contribution in [-0.4, -0.2) is 60.7 Å². The maximum atomic E-state index is 12.9. The minimum absolute atomic E-state index is 0.109. The largest absolute Gasteiger partial charge is 0.369 e. The van der Waals surface area contributed by atoms with Crippen LogP contribution in [0.15, 0.2) is 41.2 Å². The number of nitrogens with one attached hydrogen (secondary N) is 1. The molecule has 0 unspecified atom stereocenters. The van der Waals surface area contributed by atoms with Crippen molar-refractivity contribution in [3.63, 3.8) is 0 Å². The third-order valence-corrected chi connectivity index (χ3v) is 7.24. The van der Waals surface area contributed by atoms with Crippen LogP contribution < -0.4 is 5.32 Å². The molecule has 1 amide bonds. The van der Waals surface area contributed by atoms with E-state index in [9.17, 15) is 10.1 Å². The molecule has 1 fully saturated rings. The summed E-state index contributed by atoms with van der Waals surface area (Å²) in [7, 11) is 1.95. The Morgan fingerprint density at radius 2 is 2.12 bits per heavy atom. The number of nitrogens with zero attached hydrogens (tertiary/aromatic N) is 4. The number of rotatable bonds is 10. The predicted octanol–water partition coefficient (Wildman–Crippen LogP) is 4.96. The lowest BCUT2D eigenvalue weighted by molar-refractivity contribution is 0.0957. The quantitative estimate of drug-likeness (QED) is 0.295. The molecule has 1 aliphatic heterocycles. The van der Waals surface area contributed by atoms with E-state index >= 15 is 0 Å². The zero-order valence-electron chi connectivity index (χ0n) is 19.3. The monoisotopic (exact) mass is 481 g/mol. The van der Waals surface area contributed by atoms with Crippen molar-refractivity contribution in [2.75, 3.05) is 38.7 Å². The minimum atomic E-state index is -0.109. The van der Waals surface area contributed by atoms with Crippen LogP contribution in [-0.2, 0) is 6.54 Å². The van der Waals surface area contributed by atoms with Gasteiger partial charge in [0.25, 0.3) is 5.91 Å². The summed E-state index contributed by atoms with van der Waals surface area (Å²) in [6.45, 7) is 7.46. The van der Waals surface area contributed by atoms with E-state index in [1.807, 2.05) is 54.2 Å². The molecular weight excluding hydrogens is 450 g/mol. The van der Waals surface area contributed by atoms with Crippen LogP contribution in [0.4, 0.5) is 5.69 Å². The van der Waals surface area contributed by atoms with E-state index in [0.29, 0.717) is 29.9 Å². The third kappa shape index (κ3) is 6.62. The summed E-state index contributed by atoms with van der Waals surface area (Å²) < 4.78 is 0. The van der Waals surface area contributed by atoms with E-state index in [1.165, 1.54) is 17.8 Å². The number of thiophene rings is 1. The molecule has 0 saturated carbocycles. The van der Waals surface area contributed by atoms with E-state index in [2.05, 4.69) is 22.9 Å². The van der Waals surface area contributed by atoms with E-state index < -0.39 is 0 Å². The Hall–Kier alpha value is -2.76. The Morgan fingerprint density at radius 3 is 2.85 bits per heavy atom. The van der Waals surface area contributed by atoms with Crippen molar-refractivity contribution in [3.05, 3.63) is 57.8 Å². The Balaban J connectivity index is 1.85. The maximum absolute atomic E-state index is 12.9. The third-order valence-electron chi connectivity index (χ3n) is 5.61. The van der Waals surface area contributed by atoms with E-state index in [-0.39, 0.29) is 5.91 Å². The summed E-state index contributed by atoms with van der Waals surface area (Å²) in [6, 6.07) is 9.83. The normalized spacial score (nSPS) is 13.7. The van der Waals surface area contributed by atoms with Gasteiger partial charge in [-0.25, -0.2) is 4.99 Å². The van der Waals surface area contributed by atoms with E-state index in [4.69, 9.17) is 4.99 Å². The first-order valence-electron chi connectivity index (χ1n) is 11.1. The zero-order chi connectivity index (χ0) is 23.6. The summed E-state index contributed by atoms with van der Waals surface area (Å²) in [6.07, 6.45) is 7.48. The number of amides is 1. The van der Waals surface area contributed by atoms with Crippen LogP contribution in [0.5, 0.6) is 0 Å². The van der Waals surface area contributed by atoms with Gasteiger partial charge in [0.2, 0.25) is 0 Å². The molecule has 0 bridgehead atoms. The molecule has 0 spiro atoms. The molecule has 6 nitrogen and oxygen atoms in total. The summed E-state index contributed by atoms with van der Waals surface area (Å²) in [5.41, 5.74) is 3.62. The van der Waals surface area contributed by atoms with Crippen LogP contribution in [0.2, 0.25) is 0 Å². The van der Waals surface area contributed by atoms with Crippen LogP contribution in [0.25, 0.3) is 5.70 Å². The highest BCUT2D eigenvalue weighted by molar-refractivity contribution is 7.98. The maximum Gasteiger partial charge on any atom is 0.254 e. The van der Waals surface area contributed by atoms with Crippen molar-refractivity contribution >= 4 is 46.7 Å². The van der Waals surface area contributed by atoms with Gasteiger partial charge in [0, 0.05) is 50.1 Å². The van der Waals surface area contributed by atoms with Gasteiger partial charge in [-0.2, -0.15) is 17.0 Å². The fourth-order valence-corrected chi connectivity index (χ4v) is 5.00. The Labute approximate surface area is 205 Å². The molecule has 1 saturated heterocycles. The summed E-state index contributed by atoms with van der Waals surface area (Å²) in [4.78, 5) is 22.8. The van der Waals surface area contributed by atoms with E-state index in [0.717, 1.165) is 47.8 Å². The van der Waals surface area contributed by atoms with Gasteiger partial charge in [0.05, 0.1) is 34.1 Å². The molecular formula is C25H31N5OS2. The number of piperidine rings is 1. The molecule has 3 rings (SSSR count). The number of carbonyl (C=O) groups is 1. The van der Waals surface area contributed by atoms with Crippen molar-refractivity contribution in [3.8, 4) is 6.07 Å². The number of carbonyl (C=O) groups excluding carboxylic acids is 1. The van der Waals surface area contributed by atoms with E-state index in [1.54, 1.807) is 11.8 Å². The summed E-state index contributed by atoms with van der Waals surface area (Å²) >= 11 is 3.18. The molecule has 0 aliphatic carbocycles. The highest BCUT2D eigenvalue weighted by Crippen LogP contribution is 2.37. The van der Waals surface area contributed by atoms with Gasteiger partial charge in [0.1, 0.15) is 0 Å². The fourth-order valence-electron chi connectivity index (χ4n) is 3.67. The zero-order valence-corrected chi connectivity index (χ0v) is 21.0. The first-order valence-corrected chi connectivity index (χ1v) is 13.4. The van der Waals surface area contributed by atoms with Crippen LogP contribution >= 0.6 is 23.1 Å². The highest BCUT2D eigenvalue weighted by Gasteiger charge is 2.21. The summed E-state index contributed by atoms with van der Waals surface area (Å²) in [5, 5.41) is 14.3. The average Bonchev–Trinajstić information content (AvgIpc) is 3.27. The molecule has 1 aromatic carbocycles. The van der Waals surface area contributed by atoms with Gasteiger partial charge < -0.3 is 15.1 Å². The SMILES string of the molecule is C=C(c1scc(C(=O)NCCSC)c1N=CN1CCCCC1)N(C)Cc1ccccc1C#N. The number of aliphatic imine (C=N–C) groups is 1. The molecule has 0 radical (unpaired) electrons. The Kier molecular flexibility index (Phi) is 9.40. The second-order valence-electron chi connectivity index (χ2n) is 7.99. The molecule has 2 aromatic rings. The topological polar surface area (TPSA) is 71.7 Å². The van der Waals surface area contributed by atoms with Crippen molar-refractivity contribution in [2.45, 2.75) is 25.8 Å². The minimum Gasteiger partial charge on any atom is -0.369 e. The van der Waals surface area contributed by atoms with Crippen molar-refractivity contribution < 1.29 is 4.79 Å². The highest BCUT2D eigenvalue weighted by atomic mass is 32.2. The second-order valence-corrected chi connectivity index (χ2v) is 9.85. The molecule has 33 heavy (non-hydrogen) atoms. The molecule has 2 heterocycles. The van der Waals surface area contributed by atoms with Gasteiger partial charge in [-0.15, -0.1) is 11.3 Å². The van der Waals surface area contributed by atoms with Crippen LogP contribution in [0.1, 0.15) is 45.6 Å². The standard InChI is InChI=1S/C25H31N5OS2/c1-19(29(2)16-21-10-6-5-9-20(21)15-26)24-23(28-18-30-12-7-4-8-13-30)22(17-33-24)25(31)27-11-14-32-3/h5-6,9-10,17-18H,1,4,7-8,11-14,16H2,2-3H3,(H,27,31). The van der Waals surface area contributed by atoms with Gasteiger partial charge in [0.15, 0.2) is 0 Å². The number of thioether (sulfide) groups is 1. The number of nitriles is 1. The molecule has 0 atom stereocenters. The van der Waals surface area contributed by atoms with Crippen LogP contribution in [0, 0.1) is 11.3 Å². The Bertz CT molecular complexity index is 1030. The van der Waals surface area contributed by atoms with Crippen molar-refractivity contribution in [1.82, 2.24) is 15.1 Å². The smallest absolute Gasteiger partial charge is 0.254 e. The van der Waals surface area contributed by atoms with Gasteiger partial charge >= 0.3 is 0 Å². The van der Waals surface area contributed by atoms with Crippen molar-refractivity contribution in [1.29, 1.82) is 5.26 Å². The fraction of sp³-hybridized carbons (Fsp3) is 0.400. The second kappa shape index (κ2) is 12.5. The molecule has 1 N–H and O–H groups in total. The average molecular weight is 482 g/mol. The number of benzene rings is 1. The lowest BCUT2D eigenvalue weighted by atomic mass is 10.1. The molecule has 8 heteroatoms. The lowest BCUT2D eigenvalue weighted by Gasteiger charge is -2.24. The van der Waals surface area contributed by atoms with Crippen molar-refractivity contribution in [2.24, 2.45) is 4.99 Å². The first-order chi connectivity index (χ1) is 16.0. The first kappa shape index (κ1) is 24.9. The van der Waals surface area contributed by atoms with Gasteiger partial charge in [-0.05, 0) is 37.1 Å². The van der Waals surface area contributed by atoms with Crippen LogP contribution in [0.3, 0.4) is 0 Å². The number of hydrogen-bond donors (Lipinski definition) is 1. The summed E-state index contributed by atoms with van der Waals surface area (Å²) in [5.74, 6) is 0.755. The lowest BCUT2D eigenvalue weighted by Crippen LogP contribution is -2.28. The molecule has 174 valence electrons. The van der Waals surface area contributed by atoms with Gasteiger partial charge in [-0.3, -0.25) is 4.79 Å². The molecule has 1 aliphatic rings. The Morgan fingerprint density at radius 1 is 1.36 bits per heavy atom. The molecule has 1 aromatic heterocycles.